The van der Waals surface area contributed by atoms with Crippen molar-refractivity contribution < 1.29 is 0 Å². The number of imidazole rings is 1. The number of benzene rings is 2. The average Bonchev–Trinajstić information content (AvgIpc) is 2.86. The first kappa shape index (κ1) is 12.2. The van der Waals surface area contributed by atoms with Gasteiger partial charge in [-0.25, -0.2) is 9.78 Å². The number of aromatic amines is 2. The van der Waals surface area contributed by atoms with Crippen LogP contribution in [0.15, 0.2) is 53.3 Å². The van der Waals surface area contributed by atoms with Crippen molar-refractivity contribution in [1.29, 1.82) is 0 Å². The molecule has 4 aromatic rings. The zero-order valence-corrected chi connectivity index (χ0v) is 11.6. The minimum Gasteiger partial charge on any atom is -0.304 e. The Labute approximate surface area is 124 Å². The van der Waals surface area contributed by atoms with E-state index in [1.807, 2.05) is 48.5 Å². The topological polar surface area (TPSA) is 61.5 Å². The molecule has 0 aliphatic carbocycles. The molecular weight excluding hydrogens is 286 g/mol. The van der Waals surface area contributed by atoms with Crippen LogP contribution in [0.3, 0.4) is 0 Å². The van der Waals surface area contributed by atoms with E-state index in [4.69, 9.17) is 11.6 Å². The van der Waals surface area contributed by atoms with Crippen molar-refractivity contribution in [3.8, 4) is 11.1 Å². The van der Waals surface area contributed by atoms with Gasteiger partial charge in [0.2, 0.25) is 0 Å². The number of fused-ring (bicyclic) bond motifs is 2. The number of halogens is 1. The molecule has 2 aromatic heterocycles. The largest absolute Gasteiger partial charge is 0.325 e. The molecule has 0 atom stereocenters. The average molecular weight is 296 g/mol. The van der Waals surface area contributed by atoms with Crippen LogP contribution in [0.2, 0.25) is 5.02 Å². The zero-order chi connectivity index (χ0) is 14.4. The highest BCUT2D eigenvalue weighted by Gasteiger charge is 2.10. The highest BCUT2D eigenvalue weighted by molar-refractivity contribution is 6.38. The first-order valence-corrected chi connectivity index (χ1v) is 6.87. The molecule has 4 nitrogen and oxygen atoms in total. The highest BCUT2D eigenvalue weighted by Crippen LogP contribution is 2.34. The van der Waals surface area contributed by atoms with Gasteiger partial charge in [-0.1, -0.05) is 48.0 Å². The summed E-state index contributed by atoms with van der Waals surface area (Å²) in [7, 11) is 0. The van der Waals surface area contributed by atoms with Gasteiger partial charge in [-0.3, -0.25) is 4.98 Å². The first-order valence-electron chi connectivity index (χ1n) is 6.49. The molecule has 0 unspecified atom stereocenters. The van der Waals surface area contributed by atoms with E-state index in [1.165, 1.54) is 0 Å². The Hall–Kier alpha value is -2.59. The Bertz CT molecular complexity index is 1020. The van der Waals surface area contributed by atoms with Crippen molar-refractivity contribution in [2.45, 2.75) is 0 Å². The molecule has 5 heteroatoms. The monoisotopic (exact) mass is 295 g/mol. The molecule has 2 N–H and O–H groups in total. The van der Waals surface area contributed by atoms with E-state index in [-0.39, 0.29) is 5.69 Å². The molecular formula is C16H10ClN3O. The van der Waals surface area contributed by atoms with Gasteiger partial charge in [0.15, 0.2) is 5.65 Å². The maximum Gasteiger partial charge on any atom is 0.325 e. The fourth-order valence-electron chi connectivity index (χ4n) is 2.50. The maximum atomic E-state index is 11.4. The summed E-state index contributed by atoms with van der Waals surface area (Å²) in [6, 6.07) is 15.6. The molecule has 0 saturated carbocycles. The number of nitrogens with zero attached hydrogens (tertiary/aromatic N) is 1. The Kier molecular flexibility index (Phi) is 2.59. The van der Waals surface area contributed by atoms with Crippen LogP contribution in [-0.2, 0) is 0 Å². The van der Waals surface area contributed by atoms with Crippen molar-refractivity contribution >= 4 is 33.7 Å². The third-order valence-electron chi connectivity index (χ3n) is 3.50. The summed E-state index contributed by atoms with van der Waals surface area (Å²) < 4.78 is 0. The quantitative estimate of drug-likeness (QED) is 0.562. The predicted molar refractivity (Wildman–Crippen MR) is 84.7 cm³/mol. The van der Waals surface area contributed by atoms with Crippen LogP contribution in [-0.4, -0.2) is 15.0 Å². The molecule has 0 spiro atoms. The molecule has 0 amide bonds. The summed E-state index contributed by atoms with van der Waals surface area (Å²) >= 11 is 6.54. The Balaban J connectivity index is 2.06. The number of hydrogen-bond acceptors (Lipinski definition) is 2. The molecule has 2 heterocycles. The number of pyridine rings is 1. The number of hydrogen-bond donors (Lipinski definition) is 2. The summed E-state index contributed by atoms with van der Waals surface area (Å²) in [5.74, 6) is 0. The van der Waals surface area contributed by atoms with Crippen LogP contribution >= 0.6 is 11.6 Å². The van der Waals surface area contributed by atoms with Gasteiger partial charge in [-0.15, -0.1) is 0 Å². The van der Waals surface area contributed by atoms with Gasteiger partial charge in [0.1, 0.15) is 0 Å². The third kappa shape index (κ3) is 1.92. The van der Waals surface area contributed by atoms with Crippen LogP contribution in [0, 0.1) is 0 Å². The van der Waals surface area contributed by atoms with E-state index in [0.29, 0.717) is 16.2 Å². The molecule has 0 bridgehead atoms. The summed E-state index contributed by atoms with van der Waals surface area (Å²) in [6.45, 7) is 0. The van der Waals surface area contributed by atoms with Crippen LogP contribution in [0.4, 0.5) is 0 Å². The third-order valence-corrected chi connectivity index (χ3v) is 3.90. The fourth-order valence-corrected chi connectivity index (χ4v) is 2.83. The number of aromatic nitrogens is 3. The van der Waals surface area contributed by atoms with E-state index in [0.717, 1.165) is 22.0 Å². The van der Waals surface area contributed by atoms with E-state index in [1.54, 1.807) is 0 Å². The smallest absolute Gasteiger partial charge is 0.304 e. The lowest BCUT2D eigenvalue weighted by Gasteiger charge is -2.07. The number of H-pyrrole nitrogens is 2. The lowest BCUT2D eigenvalue weighted by Crippen LogP contribution is -1.99. The Morgan fingerprint density at radius 2 is 1.81 bits per heavy atom. The van der Waals surface area contributed by atoms with Crippen molar-refractivity contribution in [3.63, 3.8) is 0 Å². The minimum absolute atomic E-state index is 0.271. The molecule has 102 valence electrons. The van der Waals surface area contributed by atoms with E-state index in [2.05, 4.69) is 15.0 Å². The van der Waals surface area contributed by atoms with E-state index in [9.17, 15) is 4.79 Å². The molecule has 21 heavy (non-hydrogen) atoms. The molecule has 4 rings (SSSR count). The maximum absolute atomic E-state index is 11.4. The summed E-state index contributed by atoms with van der Waals surface area (Å²) in [5, 5.41) is 1.45. The van der Waals surface area contributed by atoms with E-state index < -0.39 is 0 Å². The van der Waals surface area contributed by atoms with Crippen LogP contribution in [0.1, 0.15) is 0 Å². The van der Waals surface area contributed by atoms with Gasteiger partial charge in [-0.2, -0.15) is 0 Å². The molecule has 0 aliphatic heterocycles. The van der Waals surface area contributed by atoms with Crippen LogP contribution in [0.5, 0.6) is 0 Å². The van der Waals surface area contributed by atoms with Gasteiger partial charge in [0.05, 0.1) is 16.1 Å². The second-order valence-corrected chi connectivity index (χ2v) is 5.20. The SMILES string of the molecule is O=c1[nH]c2cc3c(Cl)c(-c4ccccc4)ccc3nc2[nH]1. The van der Waals surface area contributed by atoms with E-state index >= 15 is 0 Å². The molecule has 0 saturated heterocycles. The van der Waals surface area contributed by atoms with Crippen molar-refractivity contribution in [2.24, 2.45) is 0 Å². The molecule has 0 aliphatic rings. The van der Waals surface area contributed by atoms with Crippen molar-refractivity contribution in [1.82, 2.24) is 15.0 Å². The molecule has 2 aromatic carbocycles. The Morgan fingerprint density at radius 1 is 1.00 bits per heavy atom. The van der Waals surface area contributed by atoms with Crippen molar-refractivity contribution in [3.05, 3.63) is 64.0 Å². The van der Waals surface area contributed by atoms with Crippen LogP contribution < -0.4 is 5.69 Å². The minimum atomic E-state index is -0.271. The predicted octanol–water partition coefficient (Wildman–Crippen LogP) is 3.72. The second-order valence-electron chi connectivity index (χ2n) is 4.82. The van der Waals surface area contributed by atoms with Crippen molar-refractivity contribution in [2.75, 3.05) is 0 Å². The molecule has 0 fully saturated rings. The first-order chi connectivity index (χ1) is 10.2. The van der Waals surface area contributed by atoms with Gasteiger partial charge in [0, 0.05) is 10.9 Å². The lowest BCUT2D eigenvalue weighted by atomic mass is 10.0. The zero-order valence-electron chi connectivity index (χ0n) is 10.9. The summed E-state index contributed by atoms with van der Waals surface area (Å²) in [6.07, 6.45) is 0. The van der Waals surface area contributed by atoms with Gasteiger partial charge in [0.25, 0.3) is 0 Å². The number of rotatable bonds is 1. The standard InChI is InChI=1S/C16H10ClN3O/c17-14-10(9-4-2-1-3-5-9)6-7-12-11(14)8-13-15(18-12)20-16(21)19-13/h1-8H,(H2,18,19,20,21). The molecule has 0 radical (unpaired) electrons. The summed E-state index contributed by atoms with van der Waals surface area (Å²) in [5.41, 5.74) is 3.67. The van der Waals surface area contributed by atoms with Gasteiger partial charge < -0.3 is 4.98 Å². The summed E-state index contributed by atoms with van der Waals surface area (Å²) in [4.78, 5) is 21.1. The second kappa shape index (κ2) is 4.46. The van der Waals surface area contributed by atoms with Gasteiger partial charge >= 0.3 is 5.69 Å². The Morgan fingerprint density at radius 3 is 2.62 bits per heavy atom. The highest BCUT2D eigenvalue weighted by atomic mass is 35.5. The normalized spacial score (nSPS) is 11.3. The lowest BCUT2D eigenvalue weighted by molar-refractivity contribution is 1.20. The fraction of sp³-hybridized carbons (Fsp3) is 0. The van der Waals surface area contributed by atoms with Gasteiger partial charge in [-0.05, 0) is 17.7 Å². The number of nitrogens with one attached hydrogen (secondary N) is 2. The van der Waals surface area contributed by atoms with Crippen LogP contribution in [0.25, 0.3) is 33.2 Å².